The van der Waals surface area contributed by atoms with Gasteiger partial charge in [-0.1, -0.05) is 6.92 Å². The lowest BCUT2D eigenvalue weighted by molar-refractivity contribution is 0.170. The van der Waals surface area contributed by atoms with E-state index in [9.17, 15) is 8.78 Å². The topological polar surface area (TPSA) is 21.3 Å². The van der Waals surface area contributed by atoms with Crippen LogP contribution in [0.15, 0.2) is 18.2 Å². The van der Waals surface area contributed by atoms with Gasteiger partial charge < -0.3 is 10.1 Å². The van der Waals surface area contributed by atoms with E-state index in [1.54, 1.807) is 0 Å². The predicted octanol–water partition coefficient (Wildman–Crippen LogP) is 3.12. The van der Waals surface area contributed by atoms with Crippen LogP contribution >= 0.6 is 0 Å². The normalized spacial score (nSPS) is 14.4. The highest BCUT2D eigenvalue weighted by atomic mass is 19.1. The van der Waals surface area contributed by atoms with Crippen LogP contribution < -0.4 is 10.1 Å². The molecule has 2 nitrogen and oxygen atoms in total. The summed E-state index contributed by atoms with van der Waals surface area (Å²) >= 11 is 0. The zero-order chi connectivity index (χ0) is 12.8. The first-order chi connectivity index (χ1) is 8.04. The molecule has 0 bridgehead atoms. The van der Waals surface area contributed by atoms with Gasteiger partial charge in [-0.05, 0) is 38.9 Å². The first-order valence-electron chi connectivity index (χ1n) is 5.89. The van der Waals surface area contributed by atoms with Crippen molar-refractivity contribution in [1.82, 2.24) is 5.32 Å². The standard InChI is InChI=1S/C13H19F2NO/c1-4-7-16-9(2)10(3)17-13-6-5-11(14)8-12(13)15/h5-6,8-10,16H,4,7H2,1-3H3. The van der Waals surface area contributed by atoms with Crippen LogP contribution in [-0.2, 0) is 0 Å². The van der Waals surface area contributed by atoms with Gasteiger partial charge in [0.25, 0.3) is 0 Å². The maximum Gasteiger partial charge on any atom is 0.167 e. The molecule has 4 heteroatoms. The molecular weight excluding hydrogens is 224 g/mol. The van der Waals surface area contributed by atoms with E-state index < -0.39 is 11.6 Å². The minimum atomic E-state index is -0.667. The Morgan fingerprint density at radius 2 is 2.00 bits per heavy atom. The van der Waals surface area contributed by atoms with Crippen molar-refractivity contribution in [1.29, 1.82) is 0 Å². The lowest BCUT2D eigenvalue weighted by atomic mass is 10.2. The largest absolute Gasteiger partial charge is 0.486 e. The summed E-state index contributed by atoms with van der Waals surface area (Å²) in [7, 11) is 0. The van der Waals surface area contributed by atoms with Crippen molar-refractivity contribution in [3.05, 3.63) is 29.8 Å². The molecule has 1 rings (SSSR count). The van der Waals surface area contributed by atoms with Gasteiger partial charge in [0.1, 0.15) is 11.9 Å². The van der Waals surface area contributed by atoms with Crippen LogP contribution in [0.25, 0.3) is 0 Å². The Morgan fingerprint density at radius 1 is 1.29 bits per heavy atom. The van der Waals surface area contributed by atoms with E-state index in [-0.39, 0.29) is 17.9 Å². The summed E-state index contributed by atoms with van der Waals surface area (Å²) in [6, 6.07) is 3.44. The van der Waals surface area contributed by atoms with Crippen LogP contribution in [0, 0.1) is 11.6 Å². The van der Waals surface area contributed by atoms with Gasteiger partial charge in [0.2, 0.25) is 0 Å². The first-order valence-corrected chi connectivity index (χ1v) is 5.89. The van der Waals surface area contributed by atoms with Crippen LogP contribution in [0.2, 0.25) is 0 Å². The highest BCUT2D eigenvalue weighted by Crippen LogP contribution is 2.19. The second kappa shape index (κ2) is 6.55. The predicted molar refractivity (Wildman–Crippen MR) is 64.2 cm³/mol. The molecule has 0 saturated heterocycles. The molecule has 0 aromatic heterocycles. The molecule has 0 amide bonds. The Kier molecular flexibility index (Phi) is 5.35. The van der Waals surface area contributed by atoms with E-state index >= 15 is 0 Å². The van der Waals surface area contributed by atoms with Gasteiger partial charge in [-0.2, -0.15) is 0 Å². The molecule has 0 heterocycles. The van der Waals surface area contributed by atoms with E-state index in [2.05, 4.69) is 12.2 Å². The third kappa shape index (κ3) is 4.30. The molecule has 0 aliphatic heterocycles. The van der Waals surface area contributed by atoms with Crippen LogP contribution in [-0.4, -0.2) is 18.7 Å². The molecule has 0 fully saturated rings. The van der Waals surface area contributed by atoms with Gasteiger partial charge in [0.05, 0.1) is 0 Å². The lowest BCUT2D eigenvalue weighted by Gasteiger charge is -2.22. The Morgan fingerprint density at radius 3 is 2.59 bits per heavy atom. The smallest absolute Gasteiger partial charge is 0.167 e. The number of benzene rings is 1. The van der Waals surface area contributed by atoms with Crippen molar-refractivity contribution in [3.8, 4) is 5.75 Å². The van der Waals surface area contributed by atoms with Crippen LogP contribution in [0.5, 0.6) is 5.75 Å². The zero-order valence-corrected chi connectivity index (χ0v) is 10.5. The summed E-state index contributed by atoms with van der Waals surface area (Å²) in [6.45, 7) is 6.80. The molecule has 0 radical (unpaired) electrons. The second-order valence-electron chi connectivity index (χ2n) is 4.14. The van der Waals surface area contributed by atoms with E-state index in [1.807, 2.05) is 13.8 Å². The Labute approximate surface area is 101 Å². The minimum absolute atomic E-state index is 0.0871. The third-order valence-corrected chi connectivity index (χ3v) is 2.63. The van der Waals surface area contributed by atoms with Gasteiger partial charge in [0.15, 0.2) is 11.6 Å². The zero-order valence-electron chi connectivity index (χ0n) is 10.5. The molecule has 0 aliphatic carbocycles. The SMILES string of the molecule is CCCNC(C)C(C)Oc1ccc(F)cc1F. The molecule has 1 aromatic carbocycles. The van der Waals surface area contributed by atoms with Crippen molar-refractivity contribution >= 4 is 0 Å². The molecule has 2 atom stereocenters. The monoisotopic (exact) mass is 243 g/mol. The Bertz CT molecular complexity index is 357. The summed E-state index contributed by atoms with van der Waals surface area (Å²) in [5.74, 6) is -1.18. The maximum absolute atomic E-state index is 13.3. The van der Waals surface area contributed by atoms with Crippen LogP contribution in [0.3, 0.4) is 0 Å². The molecule has 1 N–H and O–H groups in total. The van der Waals surface area contributed by atoms with Gasteiger partial charge in [-0.3, -0.25) is 0 Å². The van der Waals surface area contributed by atoms with Crippen molar-refractivity contribution in [2.24, 2.45) is 0 Å². The number of hydrogen-bond donors (Lipinski definition) is 1. The van der Waals surface area contributed by atoms with Crippen molar-refractivity contribution in [2.45, 2.75) is 39.3 Å². The van der Waals surface area contributed by atoms with Gasteiger partial charge >= 0.3 is 0 Å². The van der Waals surface area contributed by atoms with Gasteiger partial charge in [0, 0.05) is 12.1 Å². The van der Waals surface area contributed by atoms with Crippen molar-refractivity contribution in [3.63, 3.8) is 0 Å². The average Bonchev–Trinajstić information content (AvgIpc) is 2.29. The quantitative estimate of drug-likeness (QED) is 0.828. The molecule has 96 valence electrons. The van der Waals surface area contributed by atoms with Crippen LogP contribution in [0.1, 0.15) is 27.2 Å². The Balaban J connectivity index is 2.58. The Hall–Kier alpha value is -1.16. The summed E-state index contributed by atoms with van der Waals surface area (Å²) in [4.78, 5) is 0. The van der Waals surface area contributed by atoms with E-state index in [0.29, 0.717) is 0 Å². The van der Waals surface area contributed by atoms with Crippen molar-refractivity contribution in [2.75, 3.05) is 6.54 Å². The molecule has 1 aromatic rings. The summed E-state index contributed by atoms with van der Waals surface area (Å²) < 4.78 is 31.5. The van der Waals surface area contributed by atoms with Crippen LogP contribution in [0.4, 0.5) is 8.78 Å². The number of ether oxygens (including phenoxy) is 1. The number of rotatable bonds is 6. The summed E-state index contributed by atoms with van der Waals surface area (Å²) in [5.41, 5.74) is 0. The second-order valence-corrected chi connectivity index (χ2v) is 4.14. The average molecular weight is 243 g/mol. The molecular formula is C13H19F2NO. The number of halogens is 2. The van der Waals surface area contributed by atoms with E-state index in [0.717, 1.165) is 19.0 Å². The molecule has 2 unspecified atom stereocenters. The molecule has 0 aliphatic rings. The molecule has 0 saturated carbocycles. The number of nitrogens with one attached hydrogen (secondary N) is 1. The fraction of sp³-hybridized carbons (Fsp3) is 0.538. The summed E-state index contributed by atoms with van der Waals surface area (Å²) in [6.07, 6.45) is 0.851. The highest BCUT2D eigenvalue weighted by Gasteiger charge is 2.15. The van der Waals surface area contributed by atoms with E-state index in [4.69, 9.17) is 4.74 Å². The fourth-order valence-electron chi connectivity index (χ4n) is 1.41. The lowest BCUT2D eigenvalue weighted by Crippen LogP contribution is -2.39. The first kappa shape index (κ1) is 13.9. The highest BCUT2D eigenvalue weighted by molar-refractivity contribution is 5.25. The van der Waals surface area contributed by atoms with Gasteiger partial charge in [-0.15, -0.1) is 0 Å². The third-order valence-electron chi connectivity index (χ3n) is 2.63. The summed E-state index contributed by atoms with van der Waals surface area (Å²) in [5, 5.41) is 3.26. The number of hydrogen-bond acceptors (Lipinski definition) is 2. The minimum Gasteiger partial charge on any atom is -0.486 e. The molecule has 0 spiro atoms. The fourth-order valence-corrected chi connectivity index (χ4v) is 1.41. The maximum atomic E-state index is 13.3. The molecule has 17 heavy (non-hydrogen) atoms. The van der Waals surface area contributed by atoms with Gasteiger partial charge in [-0.25, -0.2) is 8.78 Å². The van der Waals surface area contributed by atoms with Crippen molar-refractivity contribution < 1.29 is 13.5 Å². The van der Waals surface area contributed by atoms with E-state index in [1.165, 1.54) is 12.1 Å².